The van der Waals surface area contributed by atoms with Crippen molar-refractivity contribution in [3.8, 4) is 0 Å². The molecule has 296 valence electrons. The predicted molar refractivity (Wildman–Crippen MR) is 215 cm³/mol. The van der Waals surface area contributed by atoms with E-state index in [9.17, 15) is 28.3 Å². The van der Waals surface area contributed by atoms with Crippen molar-refractivity contribution >= 4 is 30.0 Å². The Morgan fingerprint density at radius 2 is 1.38 bits per heavy atom. The molecule has 56 heavy (non-hydrogen) atoms. The zero-order chi connectivity index (χ0) is 43.7. The molecule has 4 heterocycles. The maximum absolute atomic E-state index is 13.4. The summed E-state index contributed by atoms with van der Waals surface area (Å²) < 4.78 is 75.1. The van der Waals surface area contributed by atoms with E-state index in [0.717, 1.165) is 48.5 Å². The van der Waals surface area contributed by atoms with E-state index in [1.54, 1.807) is 6.07 Å². The summed E-state index contributed by atoms with van der Waals surface area (Å²) >= 11 is 0. The van der Waals surface area contributed by atoms with Crippen molar-refractivity contribution in [2.24, 2.45) is 11.8 Å². The Hall–Kier alpha value is -4.48. The number of piperidine rings is 2. The molecule has 4 aliphatic rings. The van der Waals surface area contributed by atoms with Crippen LogP contribution >= 0.6 is 12.4 Å². The van der Waals surface area contributed by atoms with Gasteiger partial charge in [0.15, 0.2) is 5.78 Å². The lowest BCUT2D eigenvalue weighted by Crippen LogP contribution is -2.40. The molecule has 2 saturated heterocycles. The van der Waals surface area contributed by atoms with Gasteiger partial charge in [0.1, 0.15) is 11.6 Å². The van der Waals surface area contributed by atoms with Crippen LogP contribution in [0.4, 0.5) is 8.78 Å². The van der Waals surface area contributed by atoms with Crippen LogP contribution < -0.4 is 0 Å². The number of hydrogen-bond acceptors (Lipinski definition) is 6. The van der Waals surface area contributed by atoms with Crippen molar-refractivity contribution in [3.63, 3.8) is 0 Å². The van der Waals surface area contributed by atoms with Crippen molar-refractivity contribution in [3.05, 3.63) is 141 Å². The average Bonchev–Trinajstić information content (AvgIpc) is 3.64. The Morgan fingerprint density at radius 1 is 0.786 bits per heavy atom. The van der Waals surface area contributed by atoms with Crippen molar-refractivity contribution in [1.29, 1.82) is 0 Å². The molecule has 1 atom stereocenters. The van der Waals surface area contributed by atoms with E-state index in [1.165, 1.54) is 42.0 Å². The molecule has 0 saturated carbocycles. The molecule has 11 heteroatoms. The fraction of sp³-hybridized carbons (Fsp3) is 0.400. The molecular formula is C45H51ClF2N4O4. The zero-order valence-electron chi connectivity index (χ0n) is 37.4. The fourth-order valence-corrected chi connectivity index (χ4v) is 7.82. The number of ketones is 1. The van der Waals surface area contributed by atoms with Crippen LogP contribution in [0.3, 0.4) is 0 Å². The van der Waals surface area contributed by atoms with Gasteiger partial charge in [-0.2, -0.15) is 0 Å². The van der Waals surface area contributed by atoms with Crippen LogP contribution in [0.1, 0.15) is 93.3 Å². The van der Waals surface area contributed by atoms with E-state index in [-0.39, 0.29) is 60.0 Å². The normalized spacial score (nSPS) is 20.6. The number of halogens is 3. The number of aliphatic hydroxyl groups is 1. The highest BCUT2D eigenvalue weighted by Gasteiger charge is 2.32. The van der Waals surface area contributed by atoms with Crippen LogP contribution in [0.25, 0.3) is 0 Å². The van der Waals surface area contributed by atoms with Crippen LogP contribution in [-0.4, -0.2) is 94.7 Å². The molecule has 2 fully saturated rings. The summed E-state index contributed by atoms with van der Waals surface area (Å²) in [6, 6.07) is 15.7. The topological polar surface area (TPSA) is 84.4 Å². The number of carbonyl (C=O) groups excluding carboxylic acids is 3. The first-order valence-electron chi connectivity index (χ1n) is 22.0. The van der Waals surface area contributed by atoms with Crippen molar-refractivity contribution in [2.75, 3.05) is 52.4 Å². The number of likely N-dealkylation sites (tertiary alicyclic amines) is 2. The minimum atomic E-state index is -2.33. The van der Waals surface area contributed by atoms with Gasteiger partial charge in [0.2, 0.25) is 0 Å². The van der Waals surface area contributed by atoms with E-state index in [0.29, 0.717) is 56.1 Å². The minimum Gasteiger partial charge on any atom is -0.387 e. The highest BCUT2D eigenvalue weighted by molar-refractivity contribution is 5.99. The molecule has 0 spiro atoms. The van der Waals surface area contributed by atoms with Gasteiger partial charge >= 0.3 is 0 Å². The summed E-state index contributed by atoms with van der Waals surface area (Å²) in [6.07, 6.45) is 2.80. The van der Waals surface area contributed by atoms with E-state index in [4.69, 9.17) is 8.22 Å². The molecule has 4 aromatic rings. The van der Waals surface area contributed by atoms with Gasteiger partial charge in [0.25, 0.3) is 11.8 Å². The average molecular weight is 791 g/mol. The van der Waals surface area contributed by atoms with Crippen LogP contribution in [0, 0.1) is 30.4 Å². The van der Waals surface area contributed by atoms with Crippen LogP contribution in [0.2, 0.25) is 0 Å². The fourth-order valence-electron chi connectivity index (χ4n) is 7.82. The van der Waals surface area contributed by atoms with E-state index in [2.05, 4.69) is 4.90 Å². The van der Waals surface area contributed by atoms with Gasteiger partial charge in [-0.25, -0.2) is 8.78 Å². The number of benzene rings is 4. The molecule has 8 rings (SSSR count). The molecular weight excluding hydrogens is 734 g/mol. The summed E-state index contributed by atoms with van der Waals surface area (Å²) in [7, 11) is 0. The number of β-amino-alcohol motifs (C(OH)–C–C–N with tert-alkyl or cyclic N) is 1. The number of aliphatic hydroxyl groups excluding tert-OH is 1. The molecule has 1 unspecified atom stereocenters. The molecule has 0 radical (unpaired) electrons. The molecule has 0 bridgehead atoms. The van der Waals surface area contributed by atoms with Gasteiger partial charge < -0.3 is 19.8 Å². The number of amides is 2. The Kier molecular flexibility index (Phi) is 11.2. The molecule has 0 aliphatic carbocycles. The standard InChI is InChI=1S/C23H27FN2O2.C22H23FN2O2.ClH/c1-16-2-4-18(5-3-16)22(27)15-25-10-8-17(9-11-25)13-26-14-19-12-20(24)6-7-21(19)23(26)28;23-19-7-5-17(6-8-19)21(26)15-24-11-9-16(10-12-24)13-25-14-18-3-1-2-4-20(18)22(25)27;/h2-7,12,17,22,27H,8-11,13-15H2,1H3;1-8,16H,9-15H2;1H/i;1D,2D,3D,4D,14D2;. The SMILES string of the molecule is Cc1ccc(C(O)CN2CCC(CN3Cc4cc(F)ccc4C3=O)CC2)cc1.Cl.[2H]c1c([2H])c([2H])c2c(c1[2H])C(=O)N(CC1CCN(CC(=O)c3ccc(F)cc3)CC1)C2([2H])[2H]. The van der Waals surface area contributed by atoms with Crippen molar-refractivity contribution < 1.29 is 36.5 Å². The predicted octanol–water partition coefficient (Wildman–Crippen LogP) is 7.33. The molecule has 0 aromatic heterocycles. The van der Waals surface area contributed by atoms with Gasteiger partial charge in [-0.3, -0.25) is 19.3 Å². The third-order valence-corrected chi connectivity index (χ3v) is 11.1. The van der Waals surface area contributed by atoms with Crippen molar-refractivity contribution in [2.45, 2.75) is 51.8 Å². The first-order chi connectivity index (χ1) is 29.0. The largest absolute Gasteiger partial charge is 0.387 e. The number of carbonyl (C=O) groups is 3. The van der Waals surface area contributed by atoms with Crippen molar-refractivity contribution in [1.82, 2.24) is 19.6 Å². The van der Waals surface area contributed by atoms with E-state index in [1.807, 2.05) is 41.0 Å². The number of Topliss-reactive ketones (excluding diaryl/α,β-unsaturated/α-hetero) is 1. The van der Waals surface area contributed by atoms with Gasteiger partial charge in [-0.1, -0.05) is 48.0 Å². The molecule has 8 nitrogen and oxygen atoms in total. The number of fused-ring (bicyclic) bond motifs is 2. The second-order valence-corrected chi connectivity index (χ2v) is 15.1. The lowest BCUT2D eigenvalue weighted by molar-refractivity contribution is 0.0653. The smallest absolute Gasteiger partial charge is 0.254 e. The molecule has 1 N–H and O–H groups in total. The lowest BCUT2D eigenvalue weighted by Gasteiger charge is -2.34. The highest BCUT2D eigenvalue weighted by Crippen LogP contribution is 2.29. The summed E-state index contributed by atoms with van der Waals surface area (Å²) in [4.78, 5) is 45.1. The Morgan fingerprint density at radius 3 is 2.05 bits per heavy atom. The van der Waals surface area contributed by atoms with Crippen LogP contribution in [-0.2, 0) is 13.0 Å². The van der Waals surface area contributed by atoms with Crippen LogP contribution in [0.5, 0.6) is 0 Å². The minimum absolute atomic E-state index is 0. The summed E-state index contributed by atoms with van der Waals surface area (Å²) in [5, 5.41) is 10.5. The second kappa shape index (κ2) is 18.6. The number of hydrogen-bond donors (Lipinski definition) is 1. The monoisotopic (exact) mass is 790 g/mol. The first-order valence-corrected chi connectivity index (χ1v) is 19.0. The van der Waals surface area contributed by atoms with E-state index >= 15 is 0 Å². The summed E-state index contributed by atoms with van der Waals surface area (Å²) in [5.41, 5.74) is 3.42. The quantitative estimate of drug-likeness (QED) is 0.170. The number of rotatable bonds is 10. The Labute approximate surface area is 342 Å². The Balaban J connectivity index is 0.000000206. The first kappa shape index (κ1) is 33.6. The van der Waals surface area contributed by atoms with Crippen LogP contribution in [0.15, 0.2) is 90.9 Å². The molecule has 2 amide bonds. The summed E-state index contributed by atoms with van der Waals surface area (Å²) in [6.45, 7) is 4.88. The number of aryl methyl sites for hydroxylation is 1. The van der Waals surface area contributed by atoms with Gasteiger partial charge in [-0.15, -0.1) is 12.4 Å². The third kappa shape index (κ3) is 10.1. The maximum Gasteiger partial charge on any atom is 0.254 e. The van der Waals surface area contributed by atoms with Gasteiger partial charge in [0.05, 0.1) is 20.9 Å². The second-order valence-electron chi connectivity index (χ2n) is 15.1. The van der Waals surface area contributed by atoms with Gasteiger partial charge in [0, 0.05) is 49.4 Å². The van der Waals surface area contributed by atoms with Gasteiger partial charge in [-0.05, 0) is 136 Å². The third-order valence-electron chi connectivity index (χ3n) is 11.1. The highest BCUT2D eigenvalue weighted by atomic mass is 35.5. The Bertz CT molecular complexity index is 2290. The zero-order valence-corrected chi connectivity index (χ0v) is 32.2. The van der Waals surface area contributed by atoms with E-state index < -0.39 is 48.5 Å². The lowest BCUT2D eigenvalue weighted by atomic mass is 9.95. The number of nitrogens with zero attached hydrogens (tertiary/aromatic N) is 4. The maximum atomic E-state index is 13.4. The molecule has 4 aliphatic heterocycles. The molecule has 4 aromatic carbocycles. The summed E-state index contributed by atoms with van der Waals surface area (Å²) in [5.74, 6) is -1.09.